The van der Waals surface area contributed by atoms with Crippen LogP contribution in [0.2, 0.25) is 0 Å². The maximum Gasteiger partial charge on any atom is 0.231 e. The fourth-order valence-corrected chi connectivity index (χ4v) is 5.21. The zero-order valence-electron chi connectivity index (χ0n) is 19.0. The first-order valence-corrected chi connectivity index (χ1v) is 11.7. The topological polar surface area (TPSA) is 51.2 Å². The summed E-state index contributed by atoms with van der Waals surface area (Å²) in [5, 5.41) is 0. The van der Waals surface area contributed by atoms with Gasteiger partial charge in [0.25, 0.3) is 0 Å². The predicted molar refractivity (Wildman–Crippen MR) is 124 cm³/mol. The van der Waals surface area contributed by atoms with E-state index in [1.807, 2.05) is 29.2 Å². The van der Waals surface area contributed by atoms with E-state index in [9.17, 15) is 4.79 Å². The molecule has 6 heteroatoms. The highest BCUT2D eigenvalue weighted by Crippen LogP contribution is 2.47. The van der Waals surface area contributed by atoms with E-state index in [0.29, 0.717) is 18.6 Å². The lowest BCUT2D eigenvalue weighted by Gasteiger charge is -2.35. The van der Waals surface area contributed by atoms with Crippen LogP contribution in [0.1, 0.15) is 50.2 Å². The van der Waals surface area contributed by atoms with Crippen LogP contribution in [-0.4, -0.2) is 50.4 Å². The quantitative estimate of drug-likeness (QED) is 0.602. The van der Waals surface area contributed by atoms with Gasteiger partial charge in [0.05, 0.1) is 6.61 Å². The Kier molecular flexibility index (Phi) is 5.96. The predicted octanol–water partition coefficient (Wildman–Crippen LogP) is 4.41. The van der Waals surface area contributed by atoms with Crippen LogP contribution >= 0.6 is 0 Å². The molecule has 6 nitrogen and oxygen atoms in total. The zero-order chi connectivity index (χ0) is 22.1. The first-order valence-electron chi connectivity index (χ1n) is 11.7. The van der Waals surface area contributed by atoms with E-state index in [2.05, 4.69) is 30.9 Å². The molecule has 0 aliphatic carbocycles. The highest BCUT2D eigenvalue weighted by molar-refractivity contribution is 5.78. The third-order valence-corrected chi connectivity index (χ3v) is 7.19. The molecule has 1 saturated heterocycles. The molecular formula is C26H32N2O4. The van der Waals surface area contributed by atoms with E-state index in [1.165, 1.54) is 12.8 Å². The average molecular weight is 437 g/mol. The minimum atomic E-state index is 0.0624. The number of hydrogen-bond acceptors (Lipinski definition) is 5. The Morgan fingerprint density at radius 1 is 1.03 bits per heavy atom. The van der Waals surface area contributed by atoms with Crippen LogP contribution in [0.3, 0.4) is 0 Å². The largest absolute Gasteiger partial charge is 0.492 e. The van der Waals surface area contributed by atoms with Crippen molar-refractivity contribution in [2.24, 2.45) is 5.92 Å². The van der Waals surface area contributed by atoms with Crippen molar-refractivity contribution in [3.05, 3.63) is 47.5 Å². The monoisotopic (exact) mass is 436 g/mol. The molecule has 1 unspecified atom stereocenters. The van der Waals surface area contributed by atoms with Crippen molar-refractivity contribution in [2.75, 3.05) is 37.9 Å². The normalized spacial score (nSPS) is 20.3. The van der Waals surface area contributed by atoms with Gasteiger partial charge in [-0.1, -0.05) is 18.2 Å². The van der Waals surface area contributed by atoms with Crippen LogP contribution in [0.5, 0.6) is 17.2 Å². The Balaban J connectivity index is 1.32. The van der Waals surface area contributed by atoms with Crippen molar-refractivity contribution in [3.63, 3.8) is 0 Å². The van der Waals surface area contributed by atoms with Gasteiger partial charge in [-0.2, -0.15) is 0 Å². The summed E-state index contributed by atoms with van der Waals surface area (Å²) in [6.45, 7) is 8.39. The van der Waals surface area contributed by atoms with Crippen LogP contribution in [0.25, 0.3) is 0 Å². The molecule has 2 aromatic carbocycles. The lowest BCUT2D eigenvalue weighted by atomic mass is 9.90. The third-order valence-electron chi connectivity index (χ3n) is 7.19. The molecule has 5 rings (SSSR count). The Labute approximate surface area is 190 Å². The average Bonchev–Trinajstić information content (AvgIpc) is 3.44. The fraction of sp³-hybridized carbons (Fsp3) is 0.500. The van der Waals surface area contributed by atoms with Crippen molar-refractivity contribution >= 4 is 12.1 Å². The van der Waals surface area contributed by atoms with E-state index < -0.39 is 0 Å². The Morgan fingerprint density at radius 3 is 2.53 bits per heavy atom. The summed E-state index contributed by atoms with van der Waals surface area (Å²) in [5.74, 6) is 3.07. The molecule has 0 aromatic heterocycles. The second-order valence-electron chi connectivity index (χ2n) is 9.33. The van der Waals surface area contributed by atoms with Gasteiger partial charge in [-0.15, -0.1) is 0 Å². The number of piperidine rings is 1. The maximum atomic E-state index is 12.1. The molecule has 32 heavy (non-hydrogen) atoms. The number of carbonyl (C=O) groups excluding carboxylic acids is 1. The number of amides is 1. The van der Waals surface area contributed by atoms with Crippen molar-refractivity contribution < 1.29 is 19.0 Å². The summed E-state index contributed by atoms with van der Waals surface area (Å²) in [5.41, 5.74) is 3.18. The van der Waals surface area contributed by atoms with Crippen LogP contribution < -0.4 is 19.1 Å². The number of ether oxygens (including phenoxy) is 3. The Morgan fingerprint density at radius 2 is 1.78 bits per heavy atom. The van der Waals surface area contributed by atoms with E-state index in [0.717, 1.165) is 66.5 Å². The Hall–Kier alpha value is -2.73. The lowest BCUT2D eigenvalue weighted by molar-refractivity contribution is -0.107. The van der Waals surface area contributed by atoms with Gasteiger partial charge in [0.1, 0.15) is 5.75 Å². The molecule has 170 valence electrons. The van der Waals surface area contributed by atoms with Gasteiger partial charge in [0, 0.05) is 35.8 Å². The molecule has 1 fully saturated rings. The summed E-state index contributed by atoms with van der Waals surface area (Å²) in [6, 6.07) is 12.8. The van der Waals surface area contributed by atoms with E-state index in [4.69, 9.17) is 14.2 Å². The molecule has 0 bridgehead atoms. The number of para-hydroxylation sites is 1. The number of nitrogens with zero attached hydrogens (tertiary/aromatic N) is 2. The fourth-order valence-electron chi connectivity index (χ4n) is 5.21. The molecular weight excluding hydrogens is 404 g/mol. The number of rotatable bonds is 7. The first-order chi connectivity index (χ1) is 15.6. The minimum absolute atomic E-state index is 0.0624. The molecule has 2 aromatic rings. The van der Waals surface area contributed by atoms with Crippen LogP contribution in [0, 0.1) is 5.92 Å². The first kappa shape index (κ1) is 21.1. The number of hydrogen-bond donors (Lipinski definition) is 0. The molecule has 3 heterocycles. The number of fused-ring (bicyclic) bond motifs is 2. The van der Waals surface area contributed by atoms with Crippen LogP contribution in [0.4, 0.5) is 5.69 Å². The Bertz CT molecular complexity index is 968. The number of carbonyl (C=O) groups is 1. The minimum Gasteiger partial charge on any atom is -0.492 e. The SMILES string of the molecule is CC(C)N1CCC(CCN(C=O)c2ccccc2C2COc3cc4c(cc32)OCO4)CC1. The van der Waals surface area contributed by atoms with Gasteiger partial charge in [0.15, 0.2) is 11.5 Å². The highest BCUT2D eigenvalue weighted by Gasteiger charge is 2.32. The van der Waals surface area contributed by atoms with Gasteiger partial charge in [-0.05, 0) is 69.8 Å². The maximum absolute atomic E-state index is 12.1. The van der Waals surface area contributed by atoms with Gasteiger partial charge in [0.2, 0.25) is 13.2 Å². The summed E-state index contributed by atoms with van der Waals surface area (Å²) in [6.07, 6.45) is 4.45. The number of benzene rings is 2. The highest BCUT2D eigenvalue weighted by atomic mass is 16.7. The van der Waals surface area contributed by atoms with Crippen molar-refractivity contribution in [3.8, 4) is 17.2 Å². The molecule has 1 amide bonds. The van der Waals surface area contributed by atoms with Gasteiger partial charge in [-0.25, -0.2) is 0 Å². The summed E-state index contributed by atoms with van der Waals surface area (Å²) < 4.78 is 17.1. The van der Waals surface area contributed by atoms with Crippen LogP contribution in [0.15, 0.2) is 36.4 Å². The summed E-state index contributed by atoms with van der Waals surface area (Å²) in [4.78, 5) is 16.6. The second kappa shape index (κ2) is 9.02. The lowest BCUT2D eigenvalue weighted by Crippen LogP contribution is -2.39. The zero-order valence-corrected chi connectivity index (χ0v) is 19.0. The third kappa shape index (κ3) is 4.04. The smallest absolute Gasteiger partial charge is 0.231 e. The summed E-state index contributed by atoms with van der Waals surface area (Å²) in [7, 11) is 0. The van der Waals surface area contributed by atoms with E-state index >= 15 is 0 Å². The number of anilines is 1. The molecule has 1 atom stereocenters. The molecule has 0 N–H and O–H groups in total. The van der Waals surface area contributed by atoms with E-state index in [1.54, 1.807) is 0 Å². The molecule has 3 aliphatic heterocycles. The summed E-state index contributed by atoms with van der Waals surface area (Å²) >= 11 is 0. The molecule has 0 radical (unpaired) electrons. The van der Waals surface area contributed by atoms with Crippen molar-refractivity contribution in [1.82, 2.24) is 4.90 Å². The van der Waals surface area contributed by atoms with Crippen LogP contribution in [-0.2, 0) is 4.79 Å². The van der Waals surface area contributed by atoms with Gasteiger partial charge in [-0.3, -0.25) is 4.79 Å². The van der Waals surface area contributed by atoms with Crippen molar-refractivity contribution in [2.45, 2.75) is 45.1 Å². The molecule has 3 aliphatic rings. The molecule has 0 saturated carbocycles. The van der Waals surface area contributed by atoms with Crippen molar-refractivity contribution in [1.29, 1.82) is 0 Å². The molecule has 0 spiro atoms. The second-order valence-corrected chi connectivity index (χ2v) is 9.33. The standard InChI is InChI=1S/C26H32N2O4/c1-18(2)27-10-7-19(8-11-27)9-12-28(16-29)23-6-4-3-5-20(23)22-15-30-24-14-26-25(13-21(22)24)31-17-32-26/h3-6,13-14,16,18-19,22H,7-12,15,17H2,1-2H3. The number of likely N-dealkylation sites (tertiary alicyclic amines) is 1. The van der Waals surface area contributed by atoms with Gasteiger partial charge < -0.3 is 24.0 Å². The van der Waals surface area contributed by atoms with Gasteiger partial charge >= 0.3 is 0 Å². The van der Waals surface area contributed by atoms with E-state index in [-0.39, 0.29) is 12.7 Å².